The summed E-state index contributed by atoms with van der Waals surface area (Å²) < 4.78 is 5.24. The maximum atomic E-state index is 6.20. The fourth-order valence-corrected chi connectivity index (χ4v) is 2.01. The molecular weight excluding hydrogens is 271 g/mol. The van der Waals surface area contributed by atoms with Crippen molar-refractivity contribution in [2.45, 2.75) is 6.04 Å². The van der Waals surface area contributed by atoms with Crippen LogP contribution in [-0.4, -0.2) is 12.1 Å². The van der Waals surface area contributed by atoms with Gasteiger partial charge >= 0.3 is 0 Å². The van der Waals surface area contributed by atoms with Gasteiger partial charge in [0.15, 0.2) is 0 Å². The summed E-state index contributed by atoms with van der Waals surface area (Å²) in [5.41, 5.74) is 7.92. The Hall–Kier alpha value is -1.29. The summed E-state index contributed by atoms with van der Waals surface area (Å²) >= 11 is 11.9. The van der Waals surface area contributed by atoms with E-state index in [4.69, 9.17) is 33.7 Å². The van der Waals surface area contributed by atoms with Gasteiger partial charge in [0.2, 0.25) is 0 Å². The number of nitrogens with two attached hydrogens (primary N) is 1. The monoisotopic (exact) mass is 282 g/mol. The second kappa shape index (κ2) is 5.57. The molecule has 94 valence electrons. The van der Waals surface area contributed by atoms with Crippen LogP contribution < -0.4 is 10.5 Å². The number of ether oxygens (including phenoxy) is 1. The highest BCUT2D eigenvalue weighted by Crippen LogP contribution is 2.30. The fourth-order valence-electron chi connectivity index (χ4n) is 1.70. The highest BCUT2D eigenvalue weighted by molar-refractivity contribution is 6.42. The zero-order chi connectivity index (χ0) is 13.1. The van der Waals surface area contributed by atoms with E-state index in [1.165, 1.54) is 0 Å². The van der Waals surface area contributed by atoms with Gasteiger partial charge in [0.25, 0.3) is 0 Å². The van der Waals surface area contributed by atoms with Gasteiger partial charge in [-0.3, -0.25) is 4.98 Å². The SMILES string of the molecule is COc1cnccc1C(N)c1ccc(Cl)c(Cl)c1. The van der Waals surface area contributed by atoms with E-state index in [0.717, 1.165) is 11.1 Å². The van der Waals surface area contributed by atoms with Gasteiger partial charge in [-0.25, -0.2) is 0 Å². The molecule has 2 rings (SSSR count). The Morgan fingerprint density at radius 2 is 2.00 bits per heavy atom. The third-order valence-electron chi connectivity index (χ3n) is 2.67. The van der Waals surface area contributed by atoms with Crippen molar-refractivity contribution in [2.24, 2.45) is 5.73 Å². The van der Waals surface area contributed by atoms with Crippen LogP contribution in [0.25, 0.3) is 0 Å². The van der Waals surface area contributed by atoms with E-state index in [1.807, 2.05) is 12.1 Å². The van der Waals surface area contributed by atoms with E-state index in [0.29, 0.717) is 15.8 Å². The zero-order valence-corrected chi connectivity index (χ0v) is 11.2. The Bertz CT molecular complexity index is 560. The van der Waals surface area contributed by atoms with Crippen molar-refractivity contribution in [2.75, 3.05) is 7.11 Å². The zero-order valence-electron chi connectivity index (χ0n) is 9.73. The van der Waals surface area contributed by atoms with Crippen molar-refractivity contribution in [3.8, 4) is 5.75 Å². The van der Waals surface area contributed by atoms with Crippen LogP contribution in [0, 0.1) is 0 Å². The first-order chi connectivity index (χ1) is 8.63. The summed E-state index contributed by atoms with van der Waals surface area (Å²) in [6.07, 6.45) is 3.31. The molecule has 3 nitrogen and oxygen atoms in total. The molecule has 0 saturated carbocycles. The number of aromatic nitrogens is 1. The Balaban J connectivity index is 2.41. The number of hydrogen-bond acceptors (Lipinski definition) is 3. The second-order valence-corrected chi connectivity index (χ2v) is 4.58. The predicted molar refractivity (Wildman–Crippen MR) is 73.3 cm³/mol. The summed E-state index contributed by atoms with van der Waals surface area (Å²) in [7, 11) is 1.59. The topological polar surface area (TPSA) is 48.1 Å². The lowest BCUT2D eigenvalue weighted by molar-refractivity contribution is 0.406. The van der Waals surface area contributed by atoms with Crippen LogP contribution in [-0.2, 0) is 0 Å². The molecule has 1 heterocycles. The molecule has 1 aromatic heterocycles. The molecule has 1 atom stereocenters. The van der Waals surface area contributed by atoms with E-state index in [1.54, 1.807) is 31.6 Å². The lowest BCUT2D eigenvalue weighted by Crippen LogP contribution is -2.13. The van der Waals surface area contributed by atoms with Gasteiger partial charge in [0.1, 0.15) is 5.75 Å². The third-order valence-corrected chi connectivity index (χ3v) is 3.41. The van der Waals surface area contributed by atoms with Crippen molar-refractivity contribution in [1.29, 1.82) is 0 Å². The largest absolute Gasteiger partial charge is 0.495 e. The highest BCUT2D eigenvalue weighted by atomic mass is 35.5. The number of hydrogen-bond donors (Lipinski definition) is 1. The smallest absolute Gasteiger partial charge is 0.142 e. The molecule has 2 aromatic rings. The van der Waals surface area contributed by atoms with Gasteiger partial charge in [-0.2, -0.15) is 0 Å². The average Bonchev–Trinajstić information content (AvgIpc) is 2.41. The predicted octanol–water partition coefficient (Wildman–Crippen LogP) is 3.45. The Labute approximate surface area is 115 Å². The second-order valence-electron chi connectivity index (χ2n) is 3.77. The van der Waals surface area contributed by atoms with Crippen LogP contribution in [0.2, 0.25) is 10.0 Å². The molecule has 0 radical (unpaired) electrons. The maximum absolute atomic E-state index is 6.20. The van der Waals surface area contributed by atoms with Gasteiger partial charge in [-0.1, -0.05) is 29.3 Å². The molecule has 0 bridgehead atoms. The van der Waals surface area contributed by atoms with Crippen LogP contribution in [0.3, 0.4) is 0 Å². The van der Waals surface area contributed by atoms with Crippen molar-refractivity contribution >= 4 is 23.2 Å². The minimum Gasteiger partial charge on any atom is -0.495 e. The van der Waals surface area contributed by atoms with Crippen LogP contribution in [0.1, 0.15) is 17.2 Å². The molecule has 0 aliphatic carbocycles. The van der Waals surface area contributed by atoms with E-state index in [9.17, 15) is 0 Å². The third kappa shape index (κ3) is 2.58. The first-order valence-corrected chi connectivity index (χ1v) is 6.07. The molecule has 0 fully saturated rings. The average molecular weight is 283 g/mol. The molecule has 0 aliphatic rings. The van der Waals surface area contributed by atoms with Crippen molar-refractivity contribution in [3.63, 3.8) is 0 Å². The lowest BCUT2D eigenvalue weighted by Gasteiger charge is -2.16. The van der Waals surface area contributed by atoms with E-state index >= 15 is 0 Å². The van der Waals surface area contributed by atoms with Gasteiger partial charge in [-0.15, -0.1) is 0 Å². The minimum absolute atomic E-state index is 0.335. The maximum Gasteiger partial charge on any atom is 0.142 e. The number of benzene rings is 1. The van der Waals surface area contributed by atoms with Crippen LogP contribution >= 0.6 is 23.2 Å². The minimum atomic E-state index is -0.335. The molecule has 0 saturated heterocycles. The van der Waals surface area contributed by atoms with E-state index < -0.39 is 0 Å². The number of rotatable bonds is 3. The number of pyridine rings is 1. The summed E-state index contributed by atoms with van der Waals surface area (Å²) in [5, 5.41) is 0.993. The fraction of sp³-hybridized carbons (Fsp3) is 0.154. The van der Waals surface area contributed by atoms with Gasteiger partial charge in [0, 0.05) is 11.8 Å². The molecule has 0 spiro atoms. The molecule has 0 aliphatic heterocycles. The normalized spacial score (nSPS) is 12.2. The summed E-state index contributed by atoms with van der Waals surface area (Å²) in [5.74, 6) is 0.649. The summed E-state index contributed by atoms with van der Waals surface area (Å²) in [4.78, 5) is 4.00. The van der Waals surface area contributed by atoms with Crippen molar-refractivity contribution in [1.82, 2.24) is 4.98 Å². The molecule has 5 heteroatoms. The van der Waals surface area contributed by atoms with Crippen LogP contribution in [0.4, 0.5) is 0 Å². The highest BCUT2D eigenvalue weighted by Gasteiger charge is 2.14. The Kier molecular flexibility index (Phi) is 4.07. The first-order valence-electron chi connectivity index (χ1n) is 5.32. The Morgan fingerprint density at radius 1 is 1.22 bits per heavy atom. The van der Waals surface area contributed by atoms with Crippen molar-refractivity contribution < 1.29 is 4.74 Å². The Morgan fingerprint density at radius 3 is 2.67 bits per heavy atom. The lowest BCUT2D eigenvalue weighted by atomic mass is 10.00. The summed E-state index contributed by atoms with van der Waals surface area (Å²) in [6, 6.07) is 6.82. The number of methoxy groups -OCH3 is 1. The van der Waals surface area contributed by atoms with E-state index in [2.05, 4.69) is 4.98 Å². The van der Waals surface area contributed by atoms with Gasteiger partial charge in [0.05, 0.1) is 29.4 Å². The molecule has 2 N–H and O–H groups in total. The first kappa shape index (κ1) is 13.1. The van der Waals surface area contributed by atoms with E-state index in [-0.39, 0.29) is 6.04 Å². The van der Waals surface area contributed by atoms with Crippen LogP contribution in [0.5, 0.6) is 5.75 Å². The molecule has 1 aromatic carbocycles. The molecular formula is C13H12Cl2N2O. The summed E-state index contributed by atoms with van der Waals surface area (Å²) in [6.45, 7) is 0. The standard InChI is InChI=1S/C13H12Cl2N2O/c1-18-12-7-17-5-4-9(12)13(16)8-2-3-10(14)11(15)6-8/h2-7,13H,16H2,1H3. The van der Waals surface area contributed by atoms with Gasteiger partial charge < -0.3 is 10.5 Å². The quantitative estimate of drug-likeness (QED) is 0.938. The van der Waals surface area contributed by atoms with Crippen molar-refractivity contribution in [3.05, 3.63) is 57.8 Å². The number of halogens is 2. The van der Waals surface area contributed by atoms with Crippen LogP contribution in [0.15, 0.2) is 36.7 Å². The molecule has 0 amide bonds. The number of nitrogens with zero attached hydrogens (tertiary/aromatic N) is 1. The molecule has 18 heavy (non-hydrogen) atoms. The van der Waals surface area contributed by atoms with Gasteiger partial charge in [-0.05, 0) is 23.8 Å². The molecule has 1 unspecified atom stereocenters.